The largest absolute Gasteiger partial charge is 0.396 e. The highest BCUT2D eigenvalue weighted by Gasteiger charge is 2.34. The van der Waals surface area contributed by atoms with E-state index >= 15 is 0 Å². The fourth-order valence-electron chi connectivity index (χ4n) is 2.48. The molecule has 0 spiro atoms. The molecule has 1 N–H and O–H groups in total. The molecule has 2 aliphatic rings. The molecule has 2 atom stereocenters. The molecule has 0 radical (unpaired) electrons. The molecule has 0 aliphatic carbocycles. The van der Waals surface area contributed by atoms with Gasteiger partial charge in [-0.3, -0.25) is 4.79 Å². The van der Waals surface area contributed by atoms with E-state index in [1.165, 1.54) is 0 Å². The third-order valence-corrected chi connectivity index (χ3v) is 5.20. The third kappa shape index (κ3) is 2.55. The lowest BCUT2D eigenvalue weighted by molar-refractivity contribution is -0.128. The van der Waals surface area contributed by atoms with Crippen LogP contribution in [-0.2, 0) is 14.6 Å². The number of hydrogen-bond acceptors (Lipinski definition) is 4. The van der Waals surface area contributed by atoms with E-state index in [4.69, 9.17) is 5.11 Å². The Morgan fingerprint density at radius 2 is 2.12 bits per heavy atom. The Hall–Kier alpha value is -0.620. The van der Waals surface area contributed by atoms with Crippen LogP contribution in [0.15, 0.2) is 0 Å². The summed E-state index contributed by atoms with van der Waals surface area (Å²) < 4.78 is 22.5. The highest BCUT2D eigenvalue weighted by atomic mass is 32.2. The van der Waals surface area contributed by atoms with Crippen LogP contribution in [0.5, 0.6) is 0 Å². The van der Waals surface area contributed by atoms with Crippen molar-refractivity contribution in [3.63, 3.8) is 0 Å². The van der Waals surface area contributed by atoms with Crippen molar-refractivity contribution in [3.8, 4) is 0 Å². The van der Waals surface area contributed by atoms with Crippen molar-refractivity contribution in [2.45, 2.75) is 12.8 Å². The number of sulfone groups is 1. The van der Waals surface area contributed by atoms with Crippen molar-refractivity contribution in [2.24, 2.45) is 11.8 Å². The minimum Gasteiger partial charge on any atom is -0.396 e. The van der Waals surface area contributed by atoms with E-state index in [0.717, 1.165) is 0 Å². The number of amides is 1. The topological polar surface area (TPSA) is 74.7 Å². The summed E-state index contributed by atoms with van der Waals surface area (Å²) in [6.07, 6.45) is 1.06. The van der Waals surface area contributed by atoms with Gasteiger partial charge in [-0.25, -0.2) is 8.42 Å². The highest BCUT2D eigenvalue weighted by molar-refractivity contribution is 7.91. The zero-order valence-corrected chi connectivity index (χ0v) is 9.95. The van der Waals surface area contributed by atoms with Crippen LogP contribution in [0, 0.1) is 11.8 Å². The van der Waals surface area contributed by atoms with Crippen LogP contribution in [-0.4, -0.2) is 55.5 Å². The van der Waals surface area contributed by atoms with Crippen molar-refractivity contribution in [1.29, 1.82) is 0 Å². The van der Waals surface area contributed by atoms with Gasteiger partial charge in [0.1, 0.15) is 0 Å². The number of likely N-dealkylation sites (tertiary alicyclic amines) is 1. The molecule has 1 amide bonds. The van der Waals surface area contributed by atoms with Crippen molar-refractivity contribution < 1.29 is 18.3 Å². The number of aliphatic hydroxyl groups is 1. The van der Waals surface area contributed by atoms with Gasteiger partial charge in [0.05, 0.1) is 11.5 Å². The van der Waals surface area contributed by atoms with Gasteiger partial charge in [-0.15, -0.1) is 0 Å². The van der Waals surface area contributed by atoms with Crippen LogP contribution in [0.3, 0.4) is 0 Å². The molecule has 0 aromatic heterocycles. The van der Waals surface area contributed by atoms with Gasteiger partial charge in [-0.2, -0.15) is 0 Å². The molecular formula is C10H17NO4S. The molecule has 2 unspecified atom stereocenters. The predicted molar refractivity (Wildman–Crippen MR) is 58.5 cm³/mol. The number of carbonyl (C=O) groups excluding carboxylic acids is 1. The normalized spacial score (nSPS) is 33.6. The zero-order valence-electron chi connectivity index (χ0n) is 9.13. The van der Waals surface area contributed by atoms with Crippen LogP contribution in [0.25, 0.3) is 0 Å². The first-order chi connectivity index (χ1) is 7.50. The Morgan fingerprint density at radius 3 is 2.62 bits per heavy atom. The Labute approximate surface area is 95.4 Å². The second-order valence-electron chi connectivity index (χ2n) is 4.82. The maximum atomic E-state index is 11.6. The summed E-state index contributed by atoms with van der Waals surface area (Å²) in [7, 11) is -2.86. The number of rotatable bonds is 3. The van der Waals surface area contributed by atoms with Gasteiger partial charge in [-0.05, 0) is 12.3 Å². The average Bonchev–Trinajstić information content (AvgIpc) is 2.71. The first kappa shape index (κ1) is 11.9. The molecule has 16 heavy (non-hydrogen) atoms. The van der Waals surface area contributed by atoms with Crippen molar-refractivity contribution >= 4 is 15.7 Å². The Balaban J connectivity index is 1.89. The van der Waals surface area contributed by atoms with E-state index in [0.29, 0.717) is 25.9 Å². The Morgan fingerprint density at radius 1 is 1.38 bits per heavy atom. The fraction of sp³-hybridized carbons (Fsp3) is 0.900. The highest BCUT2D eigenvalue weighted by Crippen LogP contribution is 2.23. The van der Waals surface area contributed by atoms with E-state index in [2.05, 4.69) is 0 Å². The number of hydrogen-bond donors (Lipinski definition) is 1. The maximum Gasteiger partial charge on any atom is 0.223 e. The predicted octanol–water partition coefficient (Wildman–Crippen LogP) is -0.738. The molecule has 0 bridgehead atoms. The lowest BCUT2D eigenvalue weighted by Crippen LogP contribution is -2.31. The second-order valence-corrected chi connectivity index (χ2v) is 7.05. The van der Waals surface area contributed by atoms with Crippen LogP contribution in [0.4, 0.5) is 0 Å². The van der Waals surface area contributed by atoms with Gasteiger partial charge in [0, 0.05) is 32.0 Å². The van der Waals surface area contributed by atoms with Crippen molar-refractivity contribution in [2.75, 3.05) is 31.2 Å². The van der Waals surface area contributed by atoms with E-state index in [1.807, 2.05) is 0 Å². The Bertz CT molecular complexity index is 378. The summed E-state index contributed by atoms with van der Waals surface area (Å²) >= 11 is 0. The quantitative estimate of drug-likeness (QED) is 0.713. The summed E-state index contributed by atoms with van der Waals surface area (Å²) in [5.74, 6) is 0.629. The fourth-order valence-corrected chi connectivity index (χ4v) is 4.33. The number of nitrogens with zero attached hydrogens (tertiary/aromatic N) is 1. The molecule has 5 nitrogen and oxygen atoms in total. The van der Waals surface area contributed by atoms with Crippen LogP contribution in [0.1, 0.15) is 12.8 Å². The molecule has 2 rings (SSSR count). The van der Waals surface area contributed by atoms with Gasteiger partial charge < -0.3 is 10.0 Å². The summed E-state index contributed by atoms with van der Waals surface area (Å²) in [5.41, 5.74) is 0. The Kier molecular flexibility index (Phi) is 3.21. The standard InChI is InChI=1S/C10H17NO4S/c12-6-9-3-10(13)11(5-9)4-8-1-2-16(14,15)7-8/h8-9,12H,1-7H2. The van der Waals surface area contributed by atoms with E-state index in [1.54, 1.807) is 4.90 Å². The first-order valence-corrected chi connectivity index (χ1v) is 7.41. The molecule has 0 aromatic rings. The lowest BCUT2D eigenvalue weighted by atomic mass is 10.1. The molecule has 2 saturated heterocycles. The molecule has 2 fully saturated rings. The molecule has 2 heterocycles. The monoisotopic (exact) mass is 247 g/mol. The number of aliphatic hydroxyl groups excluding tert-OH is 1. The average molecular weight is 247 g/mol. The molecule has 92 valence electrons. The maximum absolute atomic E-state index is 11.6. The minimum atomic E-state index is -2.86. The lowest BCUT2D eigenvalue weighted by Gasteiger charge is -2.19. The molecule has 2 aliphatic heterocycles. The molecule has 6 heteroatoms. The van der Waals surface area contributed by atoms with Gasteiger partial charge >= 0.3 is 0 Å². The SMILES string of the molecule is O=C1CC(CO)CN1CC1CCS(=O)(=O)C1. The molecule has 0 saturated carbocycles. The van der Waals surface area contributed by atoms with Crippen LogP contribution in [0.2, 0.25) is 0 Å². The summed E-state index contributed by atoms with van der Waals surface area (Å²) in [6.45, 7) is 1.14. The summed E-state index contributed by atoms with van der Waals surface area (Å²) in [4.78, 5) is 13.3. The van der Waals surface area contributed by atoms with E-state index < -0.39 is 9.84 Å². The second kappa shape index (κ2) is 4.33. The molecule has 0 aromatic carbocycles. The van der Waals surface area contributed by atoms with Gasteiger partial charge in [0.2, 0.25) is 5.91 Å². The summed E-state index contributed by atoms with van der Waals surface area (Å²) in [6, 6.07) is 0. The van der Waals surface area contributed by atoms with Gasteiger partial charge in [0.25, 0.3) is 0 Å². The van der Waals surface area contributed by atoms with E-state index in [-0.39, 0.29) is 35.9 Å². The van der Waals surface area contributed by atoms with Crippen molar-refractivity contribution in [3.05, 3.63) is 0 Å². The number of carbonyl (C=O) groups is 1. The van der Waals surface area contributed by atoms with Gasteiger partial charge in [0.15, 0.2) is 9.84 Å². The third-order valence-electron chi connectivity index (χ3n) is 3.36. The van der Waals surface area contributed by atoms with Gasteiger partial charge in [-0.1, -0.05) is 0 Å². The summed E-state index contributed by atoms with van der Waals surface area (Å²) in [5, 5.41) is 8.97. The zero-order chi connectivity index (χ0) is 11.8. The van der Waals surface area contributed by atoms with E-state index in [9.17, 15) is 13.2 Å². The minimum absolute atomic E-state index is 0.0329. The first-order valence-electron chi connectivity index (χ1n) is 5.59. The molecular weight excluding hydrogens is 230 g/mol. The van der Waals surface area contributed by atoms with Crippen LogP contribution < -0.4 is 0 Å². The van der Waals surface area contributed by atoms with Crippen molar-refractivity contribution in [1.82, 2.24) is 4.90 Å². The van der Waals surface area contributed by atoms with Crippen LogP contribution >= 0.6 is 0 Å². The smallest absolute Gasteiger partial charge is 0.223 e.